The molecular formula is C24H22Cl2N2O5. The van der Waals surface area contributed by atoms with Crippen LogP contribution >= 0.6 is 23.2 Å². The third kappa shape index (κ3) is 4.05. The van der Waals surface area contributed by atoms with Crippen LogP contribution in [0.4, 0.5) is 0 Å². The topological polar surface area (TPSA) is 82.8 Å². The average molecular weight is 489 g/mol. The van der Waals surface area contributed by atoms with Crippen LogP contribution in [-0.4, -0.2) is 37.6 Å². The average Bonchev–Trinajstić information content (AvgIpc) is 3.44. The maximum atomic E-state index is 13.4. The van der Waals surface area contributed by atoms with E-state index in [9.17, 15) is 4.79 Å². The smallest absolute Gasteiger partial charge is 0.257 e. The number of rotatable bonds is 5. The van der Waals surface area contributed by atoms with Gasteiger partial charge in [0.05, 0.1) is 10.0 Å². The molecule has 7 nitrogen and oxygen atoms in total. The fourth-order valence-electron chi connectivity index (χ4n) is 4.43. The molecule has 33 heavy (non-hydrogen) atoms. The molecule has 1 N–H and O–H groups in total. The summed E-state index contributed by atoms with van der Waals surface area (Å²) in [6.45, 7) is 3.54. The summed E-state index contributed by atoms with van der Waals surface area (Å²) in [5, 5.41) is 7.97. The van der Waals surface area contributed by atoms with Crippen LogP contribution in [0.2, 0.25) is 10.0 Å². The first-order valence-electron chi connectivity index (χ1n) is 10.7. The van der Waals surface area contributed by atoms with E-state index in [0.29, 0.717) is 52.4 Å². The van der Waals surface area contributed by atoms with Gasteiger partial charge in [-0.3, -0.25) is 4.79 Å². The second-order valence-corrected chi connectivity index (χ2v) is 9.02. The third-order valence-electron chi connectivity index (χ3n) is 6.31. The Hall–Kier alpha value is -2.74. The largest absolute Gasteiger partial charge is 0.454 e. The van der Waals surface area contributed by atoms with Gasteiger partial charge in [0.2, 0.25) is 6.79 Å². The number of carbonyl (C=O) groups excluding carboxylic acids is 1. The van der Waals surface area contributed by atoms with Crippen molar-refractivity contribution < 1.29 is 23.5 Å². The quantitative estimate of drug-likeness (QED) is 0.533. The predicted octanol–water partition coefficient (Wildman–Crippen LogP) is 5.16. The Labute approximate surface area is 200 Å². The van der Waals surface area contributed by atoms with E-state index in [1.54, 1.807) is 25.1 Å². The number of amides is 1. The summed E-state index contributed by atoms with van der Waals surface area (Å²) in [5.41, 5.74) is 1.89. The van der Waals surface area contributed by atoms with Crippen LogP contribution in [0.5, 0.6) is 11.5 Å². The van der Waals surface area contributed by atoms with E-state index in [1.165, 1.54) is 0 Å². The zero-order chi connectivity index (χ0) is 23.0. The molecule has 0 bridgehead atoms. The molecule has 0 aliphatic carbocycles. The number of ether oxygens (including phenoxy) is 3. The van der Waals surface area contributed by atoms with Crippen molar-refractivity contribution in [3.8, 4) is 22.8 Å². The summed E-state index contributed by atoms with van der Waals surface area (Å²) in [4.78, 5) is 13.4. The van der Waals surface area contributed by atoms with Crippen molar-refractivity contribution in [2.24, 2.45) is 0 Å². The van der Waals surface area contributed by atoms with E-state index in [-0.39, 0.29) is 18.1 Å². The zero-order valence-electron chi connectivity index (χ0n) is 18.0. The Kier molecular flexibility index (Phi) is 5.95. The van der Waals surface area contributed by atoms with Crippen molar-refractivity contribution in [1.29, 1.82) is 0 Å². The number of benzene rings is 2. The molecule has 0 radical (unpaired) electrons. The molecule has 1 aromatic heterocycles. The second kappa shape index (κ2) is 8.89. The molecule has 5 rings (SSSR count). The molecule has 0 spiro atoms. The lowest BCUT2D eigenvalue weighted by atomic mass is 9.74. The highest BCUT2D eigenvalue weighted by molar-refractivity contribution is 6.39. The molecule has 2 aromatic carbocycles. The number of nitrogens with one attached hydrogen (secondary N) is 1. The zero-order valence-corrected chi connectivity index (χ0v) is 19.5. The van der Waals surface area contributed by atoms with Crippen molar-refractivity contribution >= 4 is 29.1 Å². The summed E-state index contributed by atoms with van der Waals surface area (Å²) in [5.74, 6) is 1.54. The molecule has 0 unspecified atom stereocenters. The van der Waals surface area contributed by atoms with Gasteiger partial charge >= 0.3 is 0 Å². The van der Waals surface area contributed by atoms with Gasteiger partial charge in [0.15, 0.2) is 11.5 Å². The van der Waals surface area contributed by atoms with E-state index in [1.807, 2.05) is 18.2 Å². The Balaban J connectivity index is 1.44. The first-order chi connectivity index (χ1) is 16.0. The minimum absolute atomic E-state index is 0.214. The SMILES string of the molecule is Cc1onc(-c2c(Cl)cccc2Cl)c1C(=O)NCC1(c2ccc3c(c2)OCO3)CCOCC1. The number of halogens is 2. The van der Waals surface area contributed by atoms with Gasteiger partial charge in [-0.1, -0.05) is 40.5 Å². The highest BCUT2D eigenvalue weighted by Gasteiger charge is 2.37. The van der Waals surface area contributed by atoms with Crippen molar-refractivity contribution in [2.75, 3.05) is 26.6 Å². The number of hydrogen-bond acceptors (Lipinski definition) is 6. The number of aromatic nitrogens is 1. The Morgan fingerprint density at radius 3 is 2.58 bits per heavy atom. The highest BCUT2D eigenvalue weighted by atomic mass is 35.5. The van der Waals surface area contributed by atoms with Crippen LogP contribution in [-0.2, 0) is 10.2 Å². The van der Waals surface area contributed by atoms with Gasteiger partial charge in [0.1, 0.15) is 17.0 Å². The lowest BCUT2D eigenvalue weighted by molar-refractivity contribution is 0.0486. The van der Waals surface area contributed by atoms with Gasteiger partial charge in [-0.25, -0.2) is 0 Å². The standard InChI is InChI=1S/C24H22Cl2N2O5/c1-14-20(22(28-33-14)21-16(25)3-2-4-17(21)26)23(29)27-12-24(7-9-30-10-8-24)15-5-6-18-19(11-15)32-13-31-18/h2-6,11H,7-10,12-13H2,1H3,(H,27,29). The van der Waals surface area contributed by atoms with Gasteiger partial charge in [0, 0.05) is 30.7 Å². The Morgan fingerprint density at radius 2 is 1.82 bits per heavy atom. The molecular weight excluding hydrogens is 467 g/mol. The lowest BCUT2D eigenvalue weighted by Crippen LogP contribution is -2.44. The summed E-state index contributed by atoms with van der Waals surface area (Å²) in [6, 6.07) is 11.1. The van der Waals surface area contributed by atoms with Gasteiger partial charge < -0.3 is 24.1 Å². The summed E-state index contributed by atoms with van der Waals surface area (Å²) < 4.78 is 22.0. The van der Waals surface area contributed by atoms with Gasteiger partial charge in [-0.15, -0.1) is 0 Å². The van der Waals surface area contributed by atoms with Crippen LogP contribution in [0.15, 0.2) is 40.9 Å². The second-order valence-electron chi connectivity index (χ2n) is 8.20. The number of nitrogens with zero attached hydrogens (tertiary/aromatic N) is 1. The maximum absolute atomic E-state index is 13.4. The van der Waals surface area contributed by atoms with Crippen LogP contribution in [0.25, 0.3) is 11.3 Å². The molecule has 0 saturated carbocycles. The number of fused-ring (bicyclic) bond motifs is 1. The molecule has 0 atom stereocenters. The van der Waals surface area contributed by atoms with E-state index >= 15 is 0 Å². The molecule has 3 aromatic rings. The van der Waals surface area contributed by atoms with Crippen molar-refractivity contribution in [3.63, 3.8) is 0 Å². The van der Waals surface area contributed by atoms with Crippen molar-refractivity contribution in [3.05, 3.63) is 63.3 Å². The van der Waals surface area contributed by atoms with Gasteiger partial charge in [-0.05, 0) is 49.6 Å². The summed E-state index contributed by atoms with van der Waals surface area (Å²) in [6.07, 6.45) is 1.53. The van der Waals surface area contributed by atoms with Crippen LogP contribution in [0.3, 0.4) is 0 Å². The molecule has 172 valence electrons. The van der Waals surface area contributed by atoms with Crippen molar-refractivity contribution in [2.45, 2.75) is 25.2 Å². The minimum atomic E-state index is -0.303. The van der Waals surface area contributed by atoms with Crippen LogP contribution in [0, 0.1) is 6.92 Å². The predicted molar refractivity (Wildman–Crippen MR) is 123 cm³/mol. The van der Waals surface area contributed by atoms with Gasteiger partial charge in [-0.2, -0.15) is 0 Å². The van der Waals surface area contributed by atoms with E-state index < -0.39 is 0 Å². The fourth-order valence-corrected chi connectivity index (χ4v) is 5.00. The highest BCUT2D eigenvalue weighted by Crippen LogP contribution is 2.41. The molecule has 3 heterocycles. The first kappa shape index (κ1) is 22.1. The summed E-state index contributed by atoms with van der Waals surface area (Å²) in [7, 11) is 0. The minimum Gasteiger partial charge on any atom is -0.454 e. The van der Waals surface area contributed by atoms with Gasteiger partial charge in [0.25, 0.3) is 5.91 Å². The molecule has 1 saturated heterocycles. The monoisotopic (exact) mass is 488 g/mol. The molecule has 2 aliphatic heterocycles. The van der Waals surface area contributed by atoms with Crippen molar-refractivity contribution in [1.82, 2.24) is 10.5 Å². The number of carbonyl (C=O) groups is 1. The first-order valence-corrected chi connectivity index (χ1v) is 11.4. The van der Waals surface area contributed by atoms with E-state index in [0.717, 1.165) is 29.9 Å². The normalized spacial score (nSPS) is 16.6. The molecule has 1 fully saturated rings. The fraction of sp³-hybridized carbons (Fsp3) is 0.333. The number of hydrogen-bond donors (Lipinski definition) is 1. The Morgan fingerprint density at radius 1 is 1.09 bits per heavy atom. The van der Waals surface area contributed by atoms with Crippen LogP contribution < -0.4 is 14.8 Å². The molecule has 2 aliphatic rings. The van der Waals surface area contributed by atoms with E-state index in [4.69, 9.17) is 41.9 Å². The van der Waals surface area contributed by atoms with E-state index in [2.05, 4.69) is 10.5 Å². The molecule has 1 amide bonds. The maximum Gasteiger partial charge on any atom is 0.257 e. The van der Waals surface area contributed by atoms with Crippen LogP contribution in [0.1, 0.15) is 34.5 Å². The lowest BCUT2D eigenvalue weighted by Gasteiger charge is -2.38. The summed E-state index contributed by atoms with van der Waals surface area (Å²) >= 11 is 12.7. The Bertz CT molecular complexity index is 1180. The number of aryl methyl sites for hydroxylation is 1. The third-order valence-corrected chi connectivity index (χ3v) is 6.94. The molecule has 9 heteroatoms.